The van der Waals surface area contributed by atoms with Crippen molar-refractivity contribution < 1.29 is 26.4 Å². The predicted octanol–water partition coefficient (Wildman–Crippen LogP) is 3.32. The fourth-order valence-electron chi connectivity index (χ4n) is 4.98. The van der Waals surface area contributed by atoms with Gasteiger partial charge in [0.1, 0.15) is 6.04 Å². The number of nitrogens with one attached hydrogen (secondary N) is 2. The normalized spacial score (nSPS) is 19.4. The quantitative estimate of drug-likeness (QED) is 0.414. The lowest BCUT2D eigenvalue weighted by Gasteiger charge is -2.31. The molecule has 1 aliphatic carbocycles. The summed E-state index contributed by atoms with van der Waals surface area (Å²) >= 11 is 0. The molecule has 2 unspecified atom stereocenters. The molecule has 0 radical (unpaired) electrons. The van der Waals surface area contributed by atoms with Crippen molar-refractivity contribution in [2.45, 2.75) is 75.3 Å². The molecule has 3 heterocycles. The number of fused-ring (bicyclic) bond motifs is 1. The fourth-order valence-corrected chi connectivity index (χ4v) is 6.48. The molecule has 0 fully saturated rings. The molecule has 2 atom stereocenters. The summed E-state index contributed by atoms with van der Waals surface area (Å²) in [5, 5.41) is 14.3. The molecule has 10 nitrogen and oxygen atoms in total. The summed E-state index contributed by atoms with van der Waals surface area (Å²) in [7, 11) is -4.50. The zero-order valence-corrected chi connectivity index (χ0v) is 23.3. The van der Waals surface area contributed by atoms with Crippen LogP contribution in [0.2, 0.25) is 0 Å². The van der Waals surface area contributed by atoms with Gasteiger partial charge in [-0.05, 0) is 49.1 Å². The van der Waals surface area contributed by atoms with E-state index in [0.717, 1.165) is 71.1 Å². The maximum absolute atomic E-state index is 13.4. The molecular formula is C27H30F3N7O3S. The highest BCUT2D eigenvalue weighted by Crippen LogP contribution is 2.33. The van der Waals surface area contributed by atoms with E-state index in [-0.39, 0.29) is 12.5 Å². The van der Waals surface area contributed by atoms with Gasteiger partial charge in [0.05, 0.1) is 33.6 Å². The van der Waals surface area contributed by atoms with E-state index in [1.165, 1.54) is 0 Å². The van der Waals surface area contributed by atoms with E-state index in [9.17, 15) is 26.4 Å². The second-order valence-corrected chi connectivity index (χ2v) is 12.2. The van der Waals surface area contributed by atoms with Crippen LogP contribution in [0, 0.1) is 0 Å². The Kier molecular flexibility index (Phi) is 7.88. The molecule has 5 rings (SSSR count). The van der Waals surface area contributed by atoms with Crippen LogP contribution in [0.15, 0.2) is 59.9 Å². The summed E-state index contributed by atoms with van der Waals surface area (Å²) in [5.74, 6) is -0.635. The van der Waals surface area contributed by atoms with Gasteiger partial charge in [0.15, 0.2) is 0 Å². The molecule has 0 saturated carbocycles. The van der Waals surface area contributed by atoms with Gasteiger partial charge in [0.25, 0.3) is 10.0 Å². The Hall–Kier alpha value is -3.78. The molecule has 2 aromatic heterocycles. The molecule has 14 heteroatoms. The van der Waals surface area contributed by atoms with Gasteiger partial charge in [-0.2, -0.15) is 13.2 Å². The standard InChI is InChI=1S/C27H30F3N7O3S/c1-17(2)32-15-20-10-9-18-5-3-8-23(25(18)33-20)36-16-21(34-35-36)14-24-26(38)31-11-12-37(24)41(39,40)22-7-4-6-19(13-22)27(28,29)30/h4,6-7,9-13,16-17,23-24,32H,3,5,8,14-15H2,1-2H3,(H,31,38). The van der Waals surface area contributed by atoms with Gasteiger partial charge in [-0.3, -0.25) is 14.1 Å². The van der Waals surface area contributed by atoms with Gasteiger partial charge >= 0.3 is 6.18 Å². The van der Waals surface area contributed by atoms with Gasteiger partial charge in [-0.15, -0.1) is 5.10 Å². The van der Waals surface area contributed by atoms with Gasteiger partial charge in [0, 0.05) is 37.6 Å². The number of nitrogens with zero attached hydrogens (tertiary/aromatic N) is 5. The van der Waals surface area contributed by atoms with Crippen molar-refractivity contribution in [3.63, 3.8) is 0 Å². The van der Waals surface area contributed by atoms with Crippen LogP contribution < -0.4 is 10.6 Å². The molecule has 41 heavy (non-hydrogen) atoms. The number of rotatable bonds is 8. The highest BCUT2D eigenvalue weighted by molar-refractivity contribution is 7.89. The van der Waals surface area contributed by atoms with Crippen molar-refractivity contribution in [3.05, 3.63) is 83.2 Å². The molecule has 1 aliphatic heterocycles. The third-order valence-electron chi connectivity index (χ3n) is 7.07. The van der Waals surface area contributed by atoms with Gasteiger partial charge < -0.3 is 10.6 Å². The third kappa shape index (κ3) is 6.12. The number of carbonyl (C=O) groups excluding carboxylic acids is 1. The van der Waals surface area contributed by atoms with Crippen molar-refractivity contribution in [1.82, 2.24) is 34.9 Å². The molecule has 0 spiro atoms. The maximum atomic E-state index is 13.4. The largest absolute Gasteiger partial charge is 0.416 e. The topological polar surface area (TPSA) is 122 Å². The Morgan fingerprint density at radius 1 is 1.17 bits per heavy atom. The molecule has 0 saturated heterocycles. The highest BCUT2D eigenvalue weighted by atomic mass is 32.2. The molecule has 218 valence electrons. The average molecular weight is 590 g/mol. The molecular weight excluding hydrogens is 559 g/mol. The van der Waals surface area contributed by atoms with E-state index in [1.807, 2.05) is 6.07 Å². The van der Waals surface area contributed by atoms with Crippen molar-refractivity contribution in [3.8, 4) is 0 Å². The van der Waals surface area contributed by atoms with Crippen LogP contribution in [0.4, 0.5) is 13.2 Å². The first kappa shape index (κ1) is 28.7. The maximum Gasteiger partial charge on any atom is 0.416 e. The Balaban J connectivity index is 1.40. The Morgan fingerprint density at radius 2 is 1.98 bits per heavy atom. The molecule has 3 aromatic rings. The number of hydrogen-bond donors (Lipinski definition) is 2. The summed E-state index contributed by atoms with van der Waals surface area (Å²) in [6.45, 7) is 4.75. The lowest BCUT2D eigenvalue weighted by molar-refractivity contribution is -0.137. The number of carbonyl (C=O) groups is 1. The number of hydrogen-bond acceptors (Lipinski definition) is 7. The number of halogens is 3. The average Bonchev–Trinajstić information content (AvgIpc) is 3.40. The van der Waals surface area contributed by atoms with Crippen molar-refractivity contribution in [2.24, 2.45) is 0 Å². The van der Waals surface area contributed by atoms with E-state index in [1.54, 1.807) is 10.9 Å². The van der Waals surface area contributed by atoms with Gasteiger partial charge in [-0.1, -0.05) is 31.2 Å². The van der Waals surface area contributed by atoms with E-state index in [4.69, 9.17) is 4.98 Å². The van der Waals surface area contributed by atoms with Crippen LogP contribution in [0.25, 0.3) is 0 Å². The van der Waals surface area contributed by atoms with Crippen LogP contribution in [0.5, 0.6) is 0 Å². The predicted molar refractivity (Wildman–Crippen MR) is 143 cm³/mol. The van der Waals surface area contributed by atoms with Crippen LogP contribution in [0.3, 0.4) is 0 Å². The summed E-state index contributed by atoms with van der Waals surface area (Å²) in [6, 6.07) is 6.37. The first-order valence-electron chi connectivity index (χ1n) is 13.2. The van der Waals surface area contributed by atoms with E-state index in [0.29, 0.717) is 24.3 Å². The molecule has 1 aromatic carbocycles. The van der Waals surface area contributed by atoms with E-state index in [2.05, 4.69) is 40.9 Å². The van der Waals surface area contributed by atoms with Crippen LogP contribution in [0.1, 0.15) is 60.9 Å². The molecule has 2 N–H and O–H groups in total. The van der Waals surface area contributed by atoms with Crippen LogP contribution >= 0.6 is 0 Å². The lowest BCUT2D eigenvalue weighted by Crippen LogP contribution is -2.50. The number of amides is 1. The number of sulfonamides is 1. The first-order chi connectivity index (χ1) is 19.4. The van der Waals surface area contributed by atoms with E-state index >= 15 is 0 Å². The minimum atomic E-state index is -4.73. The van der Waals surface area contributed by atoms with Gasteiger partial charge in [-0.25, -0.2) is 13.1 Å². The second-order valence-electron chi connectivity index (χ2n) is 10.4. The summed E-state index contributed by atoms with van der Waals surface area (Å²) < 4.78 is 69.0. The highest BCUT2D eigenvalue weighted by Gasteiger charge is 2.38. The number of alkyl halides is 3. The molecule has 2 aliphatic rings. The molecule has 1 amide bonds. The Labute approximate surface area is 235 Å². The lowest BCUT2D eigenvalue weighted by atomic mass is 9.91. The van der Waals surface area contributed by atoms with Gasteiger partial charge in [0.2, 0.25) is 5.91 Å². The molecule has 0 bridgehead atoms. The summed E-state index contributed by atoms with van der Waals surface area (Å²) in [6.07, 6.45) is 1.67. The summed E-state index contributed by atoms with van der Waals surface area (Å²) in [5.41, 5.74) is 2.19. The number of aryl methyl sites for hydroxylation is 1. The smallest absolute Gasteiger partial charge is 0.329 e. The van der Waals surface area contributed by atoms with Crippen LogP contribution in [-0.2, 0) is 40.4 Å². The minimum Gasteiger partial charge on any atom is -0.329 e. The van der Waals surface area contributed by atoms with Crippen molar-refractivity contribution in [2.75, 3.05) is 0 Å². The Bertz CT molecular complexity index is 1570. The monoisotopic (exact) mass is 589 g/mol. The third-order valence-corrected chi connectivity index (χ3v) is 8.85. The first-order valence-corrected chi connectivity index (χ1v) is 14.7. The number of aromatic nitrogens is 4. The van der Waals surface area contributed by atoms with E-state index < -0.39 is 38.6 Å². The SMILES string of the molecule is CC(C)NCc1ccc2c(n1)C(n1cc(CC3C(=O)NC=CN3S(=O)(=O)c3cccc(C(F)(F)F)c3)nn1)CCC2. The zero-order valence-electron chi connectivity index (χ0n) is 22.5. The fraction of sp³-hybridized carbons (Fsp3) is 0.407. The van der Waals surface area contributed by atoms with Crippen LogP contribution in [-0.4, -0.2) is 50.7 Å². The minimum absolute atomic E-state index is 0.139. The number of pyridine rings is 1. The van der Waals surface area contributed by atoms with Crippen molar-refractivity contribution in [1.29, 1.82) is 0 Å². The zero-order chi connectivity index (χ0) is 29.4. The second kappa shape index (κ2) is 11.2. The Morgan fingerprint density at radius 3 is 2.73 bits per heavy atom. The van der Waals surface area contributed by atoms with Crippen molar-refractivity contribution >= 4 is 15.9 Å². The number of benzene rings is 1. The summed E-state index contributed by atoms with van der Waals surface area (Å²) in [4.78, 5) is 17.1.